The van der Waals surface area contributed by atoms with Crippen molar-refractivity contribution in [3.05, 3.63) is 42.0 Å². The number of allylic oxidation sites excluding steroid dienone is 1. The van der Waals surface area contributed by atoms with Gasteiger partial charge in [0.05, 0.1) is 5.54 Å². The van der Waals surface area contributed by atoms with E-state index in [2.05, 4.69) is 56.1 Å². The smallest absolute Gasteiger partial charge is 0.0810 e. The van der Waals surface area contributed by atoms with Crippen molar-refractivity contribution in [1.29, 1.82) is 0 Å². The van der Waals surface area contributed by atoms with E-state index in [-0.39, 0.29) is 5.54 Å². The quantitative estimate of drug-likeness (QED) is 0.636. The third kappa shape index (κ3) is 1.50. The zero-order valence-corrected chi connectivity index (χ0v) is 8.91. The third-order valence-corrected chi connectivity index (χ3v) is 2.55. The lowest BCUT2D eigenvalue weighted by Crippen LogP contribution is -2.15. The maximum Gasteiger partial charge on any atom is 0.0810 e. The number of aliphatic imine (C=N–C) groups is 1. The summed E-state index contributed by atoms with van der Waals surface area (Å²) in [5, 5.41) is 0. The first-order chi connectivity index (χ1) is 6.59. The van der Waals surface area contributed by atoms with Crippen LogP contribution >= 0.6 is 0 Å². The minimum atomic E-state index is -0.0641. The Kier molecular flexibility index (Phi) is 2.03. The van der Waals surface area contributed by atoms with Gasteiger partial charge >= 0.3 is 0 Å². The first kappa shape index (κ1) is 9.20. The van der Waals surface area contributed by atoms with E-state index >= 15 is 0 Å². The molecule has 0 saturated heterocycles. The predicted molar refractivity (Wildman–Crippen MR) is 61.6 cm³/mol. The molecule has 0 saturated carbocycles. The summed E-state index contributed by atoms with van der Waals surface area (Å²) in [5.41, 5.74) is 3.65. The highest BCUT2D eigenvalue weighted by atomic mass is 14.9. The summed E-state index contributed by atoms with van der Waals surface area (Å²) in [4.78, 5) is 4.60. The maximum atomic E-state index is 4.60. The maximum absolute atomic E-state index is 4.60. The van der Waals surface area contributed by atoms with Crippen LogP contribution < -0.4 is 0 Å². The minimum absolute atomic E-state index is 0.0641. The van der Waals surface area contributed by atoms with Gasteiger partial charge in [-0.3, -0.25) is 4.99 Å². The Morgan fingerprint density at radius 2 is 1.71 bits per heavy atom. The predicted octanol–water partition coefficient (Wildman–Crippen LogP) is 3.32. The molecule has 0 aliphatic carbocycles. The molecule has 14 heavy (non-hydrogen) atoms. The SMILES string of the molecule is CC1=NC(C)(C)C(c2ccccc2)=C1. The molecule has 1 aliphatic rings. The molecule has 0 atom stereocenters. The minimum Gasteiger partial charge on any atom is -0.279 e. The second kappa shape index (κ2) is 3.09. The molecule has 0 radical (unpaired) electrons. The van der Waals surface area contributed by atoms with Gasteiger partial charge in [0.1, 0.15) is 0 Å². The van der Waals surface area contributed by atoms with Crippen LogP contribution in [0.3, 0.4) is 0 Å². The van der Waals surface area contributed by atoms with Crippen molar-refractivity contribution in [3.8, 4) is 0 Å². The van der Waals surface area contributed by atoms with E-state index in [1.807, 2.05) is 6.07 Å². The van der Waals surface area contributed by atoms with Crippen LogP contribution in [0, 0.1) is 0 Å². The van der Waals surface area contributed by atoms with E-state index in [0.717, 1.165) is 5.71 Å². The van der Waals surface area contributed by atoms with Crippen LogP contribution in [0.5, 0.6) is 0 Å². The summed E-state index contributed by atoms with van der Waals surface area (Å²) in [6.45, 7) is 6.36. The Morgan fingerprint density at radius 1 is 1.07 bits per heavy atom. The molecule has 72 valence electrons. The molecule has 0 amide bonds. The summed E-state index contributed by atoms with van der Waals surface area (Å²) in [5.74, 6) is 0. The fraction of sp³-hybridized carbons (Fsp3) is 0.308. The molecule has 0 aromatic heterocycles. The van der Waals surface area contributed by atoms with E-state index in [9.17, 15) is 0 Å². The van der Waals surface area contributed by atoms with Crippen molar-refractivity contribution in [3.63, 3.8) is 0 Å². The van der Waals surface area contributed by atoms with E-state index in [0.29, 0.717) is 0 Å². The van der Waals surface area contributed by atoms with E-state index < -0.39 is 0 Å². The number of benzene rings is 1. The molecule has 0 fully saturated rings. The van der Waals surface area contributed by atoms with Crippen LogP contribution in [0.15, 0.2) is 41.4 Å². The van der Waals surface area contributed by atoms with Crippen LogP contribution in [0.4, 0.5) is 0 Å². The molecule has 1 nitrogen and oxygen atoms in total. The average molecular weight is 185 g/mol. The number of nitrogens with zero attached hydrogens (tertiary/aromatic N) is 1. The van der Waals surface area contributed by atoms with Crippen molar-refractivity contribution in [2.45, 2.75) is 26.3 Å². The lowest BCUT2D eigenvalue weighted by molar-refractivity contribution is 0.689. The van der Waals surface area contributed by atoms with E-state index in [1.54, 1.807) is 0 Å². The average Bonchev–Trinajstić information content (AvgIpc) is 2.41. The fourth-order valence-corrected chi connectivity index (χ4v) is 1.97. The molecular formula is C13H15N. The molecule has 0 unspecified atom stereocenters. The molecule has 1 aliphatic heterocycles. The summed E-state index contributed by atoms with van der Waals surface area (Å²) >= 11 is 0. The van der Waals surface area contributed by atoms with Gasteiger partial charge in [0, 0.05) is 5.71 Å². The first-order valence-electron chi connectivity index (χ1n) is 4.94. The van der Waals surface area contributed by atoms with E-state index in [1.165, 1.54) is 11.1 Å². The number of hydrogen-bond acceptors (Lipinski definition) is 1. The molecule has 0 spiro atoms. The fourth-order valence-electron chi connectivity index (χ4n) is 1.97. The Hall–Kier alpha value is -1.37. The van der Waals surface area contributed by atoms with Crippen LogP contribution in [-0.4, -0.2) is 11.3 Å². The Labute approximate surface area is 85.2 Å². The van der Waals surface area contributed by atoms with Crippen LogP contribution in [0.1, 0.15) is 26.3 Å². The standard InChI is InChI=1S/C13H15N/c1-10-9-12(13(2,3)14-10)11-7-5-4-6-8-11/h4-9H,1-3H3. The monoisotopic (exact) mass is 185 g/mol. The number of hydrogen-bond donors (Lipinski definition) is 0. The lowest BCUT2D eigenvalue weighted by atomic mass is 9.90. The topological polar surface area (TPSA) is 12.4 Å². The van der Waals surface area contributed by atoms with Gasteiger partial charge in [0.2, 0.25) is 0 Å². The van der Waals surface area contributed by atoms with Crippen LogP contribution in [0.25, 0.3) is 5.57 Å². The van der Waals surface area contributed by atoms with Crippen molar-refractivity contribution in [2.24, 2.45) is 4.99 Å². The highest BCUT2D eigenvalue weighted by molar-refractivity contribution is 6.05. The second-order valence-electron chi connectivity index (χ2n) is 4.24. The first-order valence-corrected chi connectivity index (χ1v) is 4.94. The van der Waals surface area contributed by atoms with Gasteiger partial charge in [0.15, 0.2) is 0 Å². The summed E-state index contributed by atoms with van der Waals surface area (Å²) in [6.07, 6.45) is 2.18. The Bertz CT molecular complexity index is 397. The van der Waals surface area contributed by atoms with Crippen molar-refractivity contribution >= 4 is 11.3 Å². The largest absolute Gasteiger partial charge is 0.279 e. The zero-order chi connectivity index (χ0) is 10.2. The number of rotatable bonds is 1. The van der Waals surface area contributed by atoms with Crippen molar-refractivity contribution in [1.82, 2.24) is 0 Å². The lowest BCUT2D eigenvalue weighted by Gasteiger charge is -2.19. The summed E-state index contributed by atoms with van der Waals surface area (Å²) < 4.78 is 0. The van der Waals surface area contributed by atoms with Crippen LogP contribution in [-0.2, 0) is 0 Å². The van der Waals surface area contributed by atoms with Gasteiger partial charge in [0.25, 0.3) is 0 Å². The molecule has 1 aromatic rings. The molecule has 2 rings (SSSR count). The second-order valence-corrected chi connectivity index (χ2v) is 4.24. The normalized spacial score (nSPS) is 19.1. The van der Waals surface area contributed by atoms with Crippen LogP contribution in [0.2, 0.25) is 0 Å². The van der Waals surface area contributed by atoms with Gasteiger partial charge in [-0.2, -0.15) is 0 Å². The van der Waals surface area contributed by atoms with Crippen molar-refractivity contribution in [2.75, 3.05) is 0 Å². The summed E-state index contributed by atoms with van der Waals surface area (Å²) in [6, 6.07) is 10.5. The Balaban J connectivity index is 2.44. The molecule has 1 heterocycles. The molecular weight excluding hydrogens is 170 g/mol. The molecule has 1 aromatic carbocycles. The molecule has 1 heteroatoms. The van der Waals surface area contributed by atoms with E-state index in [4.69, 9.17) is 0 Å². The van der Waals surface area contributed by atoms with Gasteiger partial charge in [-0.05, 0) is 38.0 Å². The molecule has 0 bridgehead atoms. The van der Waals surface area contributed by atoms with Gasteiger partial charge in [-0.1, -0.05) is 30.3 Å². The van der Waals surface area contributed by atoms with Gasteiger partial charge < -0.3 is 0 Å². The Morgan fingerprint density at radius 3 is 2.21 bits per heavy atom. The molecule has 0 N–H and O–H groups in total. The zero-order valence-electron chi connectivity index (χ0n) is 8.91. The summed E-state index contributed by atoms with van der Waals surface area (Å²) in [7, 11) is 0. The third-order valence-electron chi connectivity index (χ3n) is 2.55. The van der Waals surface area contributed by atoms with Gasteiger partial charge in [-0.15, -0.1) is 0 Å². The highest BCUT2D eigenvalue weighted by Gasteiger charge is 2.27. The van der Waals surface area contributed by atoms with Crippen molar-refractivity contribution < 1.29 is 0 Å². The van der Waals surface area contributed by atoms with Gasteiger partial charge in [-0.25, -0.2) is 0 Å². The highest BCUT2D eigenvalue weighted by Crippen LogP contribution is 2.34.